The van der Waals surface area contributed by atoms with E-state index in [1.54, 1.807) is 18.2 Å². The second-order valence-electron chi connectivity index (χ2n) is 2.68. The number of nitrogen functional groups attached to an aromatic ring is 1. The van der Waals surface area contributed by atoms with Crippen molar-refractivity contribution in [3.8, 4) is 0 Å². The van der Waals surface area contributed by atoms with Gasteiger partial charge in [0.2, 0.25) is 0 Å². The molecule has 0 heterocycles. The molecule has 0 atom stereocenters. The lowest BCUT2D eigenvalue weighted by Crippen LogP contribution is -2.09. The van der Waals surface area contributed by atoms with Crippen molar-refractivity contribution in [3.63, 3.8) is 0 Å². The fourth-order valence-corrected chi connectivity index (χ4v) is 1.03. The second-order valence-corrected chi connectivity index (χ2v) is 2.68. The molecule has 1 rings (SSSR count). The van der Waals surface area contributed by atoms with Crippen molar-refractivity contribution in [2.24, 2.45) is 0 Å². The highest BCUT2D eigenvalue weighted by Gasteiger charge is 2.02. The van der Waals surface area contributed by atoms with Gasteiger partial charge < -0.3 is 11.1 Å². The number of hydrogen-bond donors (Lipinski definition) is 2. The summed E-state index contributed by atoms with van der Waals surface area (Å²) >= 11 is 0. The normalized spacial score (nSPS) is 9.75. The summed E-state index contributed by atoms with van der Waals surface area (Å²) in [5, 5.41) is 7.58. The molecule has 1 aromatic rings. The van der Waals surface area contributed by atoms with E-state index < -0.39 is 0 Å². The highest BCUT2D eigenvalue weighted by molar-refractivity contribution is 6.33. The van der Waals surface area contributed by atoms with Gasteiger partial charge in [0.05, 0.1) is 0 Å². The summed E-state index contributed by atoms with van der Waals surface area (Å²) < 4.78 is 0. The van der Waals surface area contributed by atoms with E-state index in [1.807, 2.05) is 6.92 Å². The van der Waals surface area contributed by atoms with Crippen LogP contribution < -0.4 is 11.2 Å². The van der Waals surface area contributed by atoms with Gasteiger partial charge in [0.1, 0.15) is 7.85 Å². The predicted octanol–water partition coefficient (Wildman–Crippen LogP) is 1.09. The Morgan fingerprint density at radius 3 is 2.92 bits per heavy atom. The molecular weight excluding hydrogens is 147 g/mol. The molecule has 0 saturated heterocycles. The van der Waals surface area contributed by atoms with Gasteiger partial charge in [-0.25, -0.2) is 0 Å². The Morgan fingerprint density at radius 2 is 2.33 bits per heavy atom. The average molecular weight is 160 g/mol. The third kappa shape index (κ3) is 1.67. The second kappa shape index (κ2) is 3.43. The van der Waals surface area contributed by atoms with Gasteiger partial charge in [-0.2, -0.15) is 0 Å². The highest BCUT2D eigenvalue weighted by Crippen LogP contribution is 2.10. The molecule has 0 fully saturated rings. The van der Waals surface area contributed by atoms with Crippen LogP contribution in [0.1, 0.15) is 20.3 Å². The predicted molar refractivity (Wildman–Crippen MR) is 55.5 cm³/mol. The van der Waals surface area contributed by atoms with Crippen molar-refractivity contribution in [2.75, 3.05) is 5.73 Å². The van der Waals surface area contributed by atoms with Gasteiger partial charge in [-0.05, 0) is 12.5 Å². The average Bonchev–Trinajstić information content (AvgIpc) is 2.08. The fourth-order valence-electron chi connectivity index (χ4n) is 1.03. The Labute approximate surface area is 75.2 Å². The standard InChI is InChI=1S/C9H11BN2.H2/c1-2-8(11)7-5-6(10)3-4-9(7)12;/h3-5,11H,2,12H2,1H3;1H. The van der Waals surface area contributed by atoms with Gasteiger partial charge >= 0.3 is 0 Å². The summed E-state index contributed by atoms with van der Waals surface area (Å²) in [6.07, 6.45) is 0.674. The lowest BCUT2D eigenvalue weighted by Gasteiger charge is -2.06. The van der Waals surface area contributed by atoms with Crippen molar-refractivity contribution in [1.82, 2.24) is 0 Å². The summed E-state index contributed by atoms with van der Waals surface area (Å²) in [6.45, 7) is 1.92. The fraction of sp³-hybridized carbons (Fsp3) is 0.222. The van der Waals surface area contributed by atoms with Crippen LogP contribution in [0.25, 0.3) is 0 Å². The van der Waals surface area contributed by atoms with Crippen LogP contribution in [0.2, 0.25) is 0 Å². The zero-order chi connectivity index (χ0) is 9.14. The molecule has 1 aromatic carbocycles. The third-order valence-electron chi connectivity index (χ3n) is 1.76. The van der Waals surface area contributed by atoms with Gasteiger partial charge in [0.25, 0.3) is 0 Å². The molecule has 2 nitrogen and oxygen atoms in total. The Balaban J connectivity index is 0.00000144. The van der Waals surface area contributed by atoms with E-state index in [-0.39, 0.29) is 1.43 Å². The first-order chi connectivity index (χ1) is 5.65. The van der Waals surface area contributed by atoms with E-state index in [1.165, 1.54) is 0 Å². The monoisotopic (exact) mass is 160 g/mol. The zero-order valence-electron chi connectivity index (χ0n) is 7.09. The zero-order valence-corrected chi connectivity index (χ0v) is 7.09. The minimum atomic E-state index is 0. The van der Waals surface area contributed by atoms with Crippen LogP contribution >= 0.6 is 0 Å². The summed E-state index contributed by atoms with van der Waals surface area (Å²) in [5.41, 5.74) is 8.22. The van der Waals surface area contributed by atoms with Crippen molar-refractivity contribution in [2.45, 2.75) is 13.3 Å². The SMILES string of the molecule is [B]c1ccc(N)c(C(=N)CC)c1.[HH]. The molecule has 62 valence electrons. The molecule has 0 aliphatic carbocycles. The van der Waals surface area contributed by atoms with E-state index >= 15 is 0 Å². The third-order valence-corrected chi connectivity index (χ3v) is 1.76. The van der Waals surface area contributed by atoms with Crippen LogP contribution in [0.4, 0.5) is 5.69 Å². The Kier molecular flexibility index (Phi) is 2.53. The molecule has 0 bridgehead atoms. The molecule has 3 heteroatoms. The molecule has 0 unspecified atom stereocenters. The van der Waals surface area contributed by atoms with Crippen LogP contribution in [0.5, 0.6) is 0 Å². The van der Waals surface area contributed by atoms with Crippen molar-refractivity contribution < 1.29 is 1.43 Å². The van der Waals surface area contributed by atoms with E-state index in [9.17, 15) is 0 Å². The van der Waals surface area contributed by atoms with Crippen molar-refractivity contribution in [3.05, 3.63) is 23.8 Å². The van der Waals surface area contributed by atoms with E-state index in [0.29, 0.717) is 23.3 Å². The topological polar surface area (TPSA) is 49.9 Å². The summed E-state index contributed by atoms with van der Waals surface area (Å²) in [4.78, 5) is 0. The molecule has 0 aromatic heterocycles. The number of rotatable bonds is 2. The molecule has 3 N–H and O–H groups in total. The number of benzene rings is 1. The maximum atomic E-state index is 7.58. The molecule has 0 aliphatic rings. The number of nitrogens with one attached hydrogen (secondary N) is 1. The Hall–Kier alpha value is -1.25. The highest BCUT2D eigenvalue weighted by atomic mass is 14.6. The van der Waals surface area contributed by atoms with Crippen LogP contribution in [-0.2, 0) is 0 Å². The lowest BCUT2D eigenvalue weighted by atomic mass is 9.92. The van der Waals surface area contributed by atoms with Gasteiger partial charge in [0, 0.05) is 18.4 Å². The van der Waals surface area contributed by atoms with E-state index in [4.69, 9.17) is 19.0 Å². The largest absolute Gasteiger partial charge is 0.398 e. The van der Waals surface area contributed by atoms with Crippen LogP contribution in [0, 0.1) is 5.41 Å². The van der Waals surface area contributed by atoms with E-state index in [2.05, 4.69) is 0 Å². The molecular formula is C9H13BN2. The van der Waals surface area contributed by atoms with Gasteiger partial charge in [0.15, 0.2) is 0 Å². The molecule has 2 radical (unpaired) electrons. The number of hydrogen-bond acceptors (Lipinski definition) is 2. The van der Waals surface area contributed by atoms with Crippen molar-refractivity contribution in [1.29, 1.82) is 5.41 Å². The van der Waals surface area contributed by atoms with Crippen LogP contribution in [-0.4, -0.2) is 13.6 Å². The first-order valence-electron chi connectivity index (χ1n) is 3.88. The Morgan fingerprint density at radius 1 is 1.67 bits per heavy atom. The van der Waals surface area contributed by atoms with Crippen molar-refractivity contribution >= 4 is 24.7 Å². The van der Waals surface area contributed by atoms with E-state index in [0.717, 1.165) is 5.56 Å². The smallest absolute Gasteiger partial charge is 0.113 e. The van der Waals surface area contributed by atoms with Gasteiger partial charge in [-0.3, -0.25) is 0 Å². The van der Waals surface area contributed by atoms with Gasteiger partial charge in [-0.1, -0.05) is 24.5 Å². The number of anilines is 1. The lowest BCUT2D eigenvalue weighted by molar-refractivity contribution is 1.24. The summed E-state index contributed by atoms with van der Waals surface area (Å²) in [7, 11) is 5.57. The summed E-state index contributed by atoms with van der Waals surface area (Å²) in [5.74, 6) is 0. The molecule has 12 heavy (non-hydrogen) atoms. The summed E-state index contributed by atoms with van der Waals surface area (Å²) in [6, 6.07) is 5.21. The quantitative estimate of drug-likeness (QED) is 0.379. The minimum absolute atomic E-state index is 0. The van der Waals surface area contributed by atoms with Crippen LogP contribution in [0.15, 0.2) is 18.2 Å². The maximum absolute atomic E-state index is 7.58. The maximum Gasteiger partial charge on any atom is 0.113 e. The Bertz CT molecular complexity index is 312. The molecule has 0 saturated carbocycles. The molecule has 0 spiro atoms. The first kappa shape index (κ1) is 8.85. The number of nitrogens with two attached hydrogens (primary N) is 1. The minimum Gasteiger partial charge on any atom is -0.398 e. The first-order valence-corrected chi connectivity index (χ1v) is 3.88. The molecule has 0 amide bonds. The van der Waals surface area contributed by atoms with Gasteiger partial charge in [-0.15, -0.1) is 0 Å². The van der Waals surface area contributed by atoms with Crippen LogP contribution in [0.3, 0.4) is 0 Å². The molecule has 0 aliphatic heterocycles.